The molecule has 0 aliphatic rings. The van der Waals surface area contributed by atoms with Crippen molar-refractivity contribution in [3.63, 3.8) is 0 Å². The van der Waals surface area contributed by atoms with E-state index in [1.54, 1.807) is 0 Å². The molecule has 2 aromatic carbocycles. The van der Waals surface area contributed by atoms with E-state index in [4.69, 9.17) is 5.73 Å². The molecule has 1 atom stereocenters. The fourth-order valence-electron chi connectivity index (χ4n) is 2.04. The number of rotatable bonds is 5. The Kier molecular flexibility index (Phi) is 4.53. The van der Waals surface area contributed by atoms with E-state index in [9.17, 15) is 4.79 Å². The van der Waals surface area contributed by atoms with Crippen LogP contribution in [0, 0.1) is 5.92 Å². The van der Waals surface area contributed by atoms with E-state index < -0.39 is 0 Å². The quantitative estimate of drug-likeness (QED) is 0.863. The fraction of sp³-hybridized carbons (Fsp3) is 0.312. The van der Waals surface area contributed by atoms with Crippen molar-refractivity contribution in [2.75, 3.05) is 11.9 Å². The minimum Gasteiger partial charge on any atom is -0.330 e. The smallest absolute Gasteiger partial charge is 0.224 e. The third-order valence-electron chi connectivity index (χ3n) is 3.33. The number of carbonyl (C=O) groups is 1. The number of amides is 1. The van der Waals surface area contributed by atoms with Gasteiger partial charge in [-0.05, 0) is 30.3 Å². The summed E-state index contributed by atoms with van der Waals surface area (Å²) in [6.07, 6.45) is 1.34. The molecule has 0 radical (unpaired) electrons. The van der Waals surface area contributed by atoms with E-state index in [1.807, 2.05) is 42.5 Å². The number of hydrogen-bond donors (Lipinski definition) is 2. The number of fused-ring (bicyclic) bond motifs is 1. The molecule has 0 bridgehead atoms. The molecule has 0 aromatic heterocycles. The predicted molar refractivity (Wildman–Crippen MR) is 80.0 cm³/mol. The van der Waals surface area contributed by atoms with Crippen LogP contribution >= 0.6 is 0 Å². The van der Waals surface area contributed by atoms with Crippen LogP contribution < -0.4 is 11.1 Å². The zero-order valence-electron chi connectivity index (χ0n) is 11.2. The second kappa shape index (κ2) is 6.34. The molecule has 3 nitrogen and oxygen atoms in total. The van der Waals surface area contributed by atoms with E-state index in [1.165, 1.54) is 0 Å². The number of nitrogens with one attached hydrogen (secondary N) is 1. The van der Waals surface area contributed by atoms with Gasteiger partial charge in [-0.25, -0.2) is 0 Å². The van der Waals surface area contributed by atoms with Crippen LogP contribution in [-0.4, -0.2) is 12.5 Å². The molecule has 0 aliphatic carbocycles. The Balaban J connectivity index is 2.07. The number of hydrogen-bond acceptors (Lipinski definition) is 2. The predicted octanol–water partition coefficient (Wildman–Crippen LogP) is 3.15. The Bertz CT molecular complexity index is 560. The van der Waals surface area contributed by atoms with Gasteiger partial charge < -0.3 is 11.1 Å². The first kappa shape index (κ1) is 13.6. The molecule has 0 spiro atoms. The molecular formula is C16H20N2O. The van der Waals surface area contributed by atoms with Gasteiger partial charge in [0, 0.05) is 17.5 Å². The van der Waals surface area contributed by atoms with Crippen LogP contribution in [0.5, 0.6) is 0 Å². The van der Waals surface area contributed by atoms with Crippen molar-refractivity contribution in [2.45, 2.75) is 19.8 Å². The first-order valence-electron chi connectivity index (χ1n) is 6.68. The monoisotopic (exact) mass is 256 g/mol. The third-order valence-corrected chi connectivity index (χ3v) is 3.33. The molecule has 3 N–H and O–H groups in total. The van der Waals surface area contributed by atoms with Gasteiger partial charge in [0.25, 0.3) is 0 Å². The Hall–Kier alpha value is -1.87. The molecule has 2 aromatic rings. The molecular weight excluding hydrogens is 236 g/mol. The third kappa shape index (κ3) is 3.55. The minimum atomic E-state index is 0.0525. The highest BCUT2D eigenvalue weighted by molar-refractivity contribution is 6.02. The highest BCUT2D eigenvalue weighted by atomic mass is 16.1. The largest absolute Gasteiger partial charge is 0.330 e. The molecule has 0 heterocycles. The lowest BCUT2D eigenvalue weighted by Gasteiger charge is -2.10. The highest BCUT2D eigenvalue weighted by Gasteiger charge is 2.07. The van der Waals surface area contributed by atoms with Crippen LogP contribution in [0.2, 0.25) is 0 Å². The molecule has 0 saturated carbocycles. The SMILES string of the molecule is CC(CN)CCC(=O)Nc1cccc2ccccc12. The van der Waals surface area contributed by atoms with E-state index in [2.05, 4.69) is 12.2 Å². The molecule has 0 fully saturated rings. The lowest BCUT2D eigenvalue weighted by atomic mass is 10.1. The average Bonchev–Trinajstić information content (AvgIpc) is 2.45. The molecule has 3 heteroatoms. The molecule has 1 amide bonds. The van der Waals surface area contributed by atoms with Crippen molar-refractivity contribution in [2.24, 2.45) is 11.7 Å². The second-order valence-corrected chi connectivity index (χ2v) is 4.95. The summed E-state index contributed by atoms with van der Waals surface area (Å²) in [4.78, 5) is 11.9. The molecule has 100 valence electrons. The van der Waals surface area contributed by atoms with Crippen molar-refractivity contribution in [1.29, 1.82) is 0 Å². The summed E-state index contributed by atoms with van der Waals surface area (Å²) in [7, 11) is 0. The number of benzene rings is 2. The molecule has 19 heavy (non-hydrogen) atoms. The van der Waals surface area contributed by atoms with E-state index >= 15 is 0 Å². The Labute approximate surface area is 113 Å². The van der Waals surface area contributed by atoms with Crippen molar-refractivity contribution >= 4 is 22.4 Å². The summed E-state index contributed by atoms with van der Waals surface area (Å²) < 4.78 is 0. The normalized spacial score (nSPS) is 12.3. The van der Waals surface area contributed by atoms with Crippen molar-refractivity contribution < 1.29 is 4.79 Å². The maximum absolute atomic E-state index is 11.9. The minimum absolute atomic E-state index is 0.0525. The van der Waals surface area contributed by atoms with E-state index in [-0.39, 0.29) is 5.91 Å². The van der Waals surface area contributed by atoms with Crippen molar-refractivity contribution in [1.82, 2.24) is 0 Å². The van der Waals surface area contributed by atoms with Gasteiger partial charge in [-0.15, -0.1) is 0 Å². The van der Waals surface area contributed by atoms with Gasteiger partial charge in [0.05, 0.1) is 0 Å². The summed E-state index contributed by atoms with van der Waals surface area (Å²) >= 11 is 0. The fourth-order valence-corrected chi connectivity index (χ4v) is 2.04. The van der Waals surface area contributed by atoms with Gasteiger partial charge in [0.2, 0.25) is 5.91 Å². The molecule has 0 saturated heterocycles. The summed E-state index contributed by atoms with van der Waals surface area (Å²) in [5, 5.41) is 5.19. The van der Waals surface area contributed by atoms with Crippen molar-refractivity contribution in [3.8, 4) is 0 Å². The van der Waals surface area contributed by atoms with Gasteiger partial charge in [0.15, 0.2) is 0 Å². The summed E-state index contributed by atoms with van der Waals surface area (Å²) in [5.74, 6) is 0.440. The van der Waals surface area contributed by atoms with E-state index in [0.717, 1.165) is 22.9 Å². The van der Waals surface area contributed by atoms with Crippen LogP contribution in [0.4, 0.5) is 5.69 Å². The number of carbonyl (C=O) groups excluding carboxylic acids is 1. The van der Waals surface area contributed by atoms with Crippen molar-refractivity contribution in [3.05, 3.63) is 42.5 Å². The summed E-state index contributed by atoms with van der Waals surface area (Å²) in [6, 6.07) is 14.0. The van der Waals surface area contributed by atoms with Crippen LogP contribution in [0.15, 0.2) is 42.5 Å². The molecule has 2 rings (SSSR count). The molecule has 0 aliphatic heterocycles. The average molecular weight is 256 g/mol. The Morgan fingerprint density at radius 2 is 1.95 bits per heavy atom. The number of nitrogens with two attached hydrogens (primary N) is 1. The maximum atomic E-state index is 11.9. The lowest BCUT2D eigenvalue weighted by molar-refractivity contribution is -0.116. The van der Waals surface area contributed by atoms with Gasteiger partial charge >= 0.3 is 0 Å². The summed E-state index contributed by atoms with van der Waals surface area (Å²) in [5.41, 5.74) is 6.43. The van der Waals surface area contributed by atoms with Gasteiger partial charge in [-0.2, -0.15) is 0 Å². The zero-order chi connectivity index (χ0) is 13.7. The van der Waals surface area contributed by atoms with E-state index in [0.29, 0.717) is 18.9 Å². The zero-order valence-corrected chi connectivity index (χ0v) is 11.2. The molecule has 1 unspecified atom stereocenters. The van der Waals surface area contributed by atoms with Crippen LogP contribution in [0.1, 0.15) is 19.8 Å². The maximum Gasteiger partial charge on any atom is 0.224 e. The first-order valence-corrected chi connectivity index (χ1v) is 6.68. The van der Waals surface area contributed by atoms with Gasteiger partial charge in [-0.1, -0.05) is 43.3 Å². The topological polar surface area (TPSA) is 55.1 Å². The van der Waals surface area contributed by atoms with Crippen LogP contribution in [0.3, 0.4) is 0 Å². The Morgan fingerprint density at radius 1 is 1.21 bits per heavy atom. The highest BCUT2D eigenvalue weighted by Crippen LogP contribution is 2.23. The van der Waals surface area contributed by atoms with Crippen LogP contribution in [-0.2, 0) is 4.79 Å². The first-order chi connectivity index (χ1) is 9.20. The number of anilines is 1. The lowest BCUT2D eigenvalue weighted by Crippen LogP contribution is -2.16. The summed E-state index contributed by atoms with van der Waals surface area (Å²) in [6.45, 7) is 2.69. The Morgan fingerprint density at radius 3 is 2.74 bits per heavy atom. The van der Waals surface area contributed by atoms with Gasteiger partial charge in [0.1, 0.15) is 0 Å². The van der Waals surface area contributed by atoms with Crippen LogP contribution in [0.25, 0.3) is 10.8 Å². The second-order valence-electron chi connectivity index (χ2n) is 4.95. The standard InChI is InChI=1S/C16H20N2O/c1-12(11-17)9-10-16(19)18-15-8-4-6-13-5-2-3-7-14(13)15/h2-8,12H,9-11,17H2,1H3,(H,18,19). The van der Waals surface area contributed by atoms with Gasteiger partial charge in [-0.3, -0.25) is 4.79 Å².